The second kappa shape index (κ2) is 9.57. The number of aliphatic imine (C=N–C) groups is 1. The highest BCUT2D eigenvalue weighted by atomic mass is 127. The summed E-state index contributed by atoms with van der Waals surface area (Å²) in [6, 6.07) is 0. The van der Waals surface area contributed by atoms with Crippen molar-refractivity contribution >= 4 is 41.7 Å². The molecule has 2 heterocycles. The molecule has 1 unspecified atom stereocenters. The van der Waals surface area contributed by atoms with Gasteiger partial charge < -0.3 is 15.1 Å². The number of halogens is 1. The van der Waals surface area contributed by atoms with Crippen molar-refractivity contribution < 1.29 is 0 Å². The van der Waals surface area contributed by atoms with Crippen LogP contribution in [0.2, 0.25) is 0 Å². The number of rotatable bonds is 3. The van der Waals surface area contributed by atoms with Crippen LogP contribution in [0, 0.1) is 5.92 Å². The fourth-order valence-electron chi connectivity index (χ4n) is 3.35. The molecule has 0 radical (unpaired) electrons. The highest BCUT2D eigenvalue weighted by Gasteiger charge is 2.28. The molecule has 0 aromatic heterocycles. The molecule has 0 amide bonds. The molecule has 0 bridgehead atoms. The molecule has 2 fully saturated rings. The maximum Gasteiger partial charge on any atom is 0.193 e. The van der Waals surface area contributed by atoms with Gasteiger partial charge in [-0.15, -0.1) is 24.0 Å². The first-order valence-electron chi connectivity index (χ1n) is 8.32. The highest BCUT2D eigenvalue weighted by Crippen LogP contribution is 2.29. The minimum Gasteiger partial charge on any atom is -0.355 e. The van der Waals surface area contributed by atoms with Crippen molar-refractivity contribution in [2.24, 2.45) is 10.9 Å². The number of guanidine groups is 1. The normalized spacial score (nSPS) is 26.5. The number of piperidine rings is 1. The number of hydrogen-bond donors (Lipinski definition) is 1. The smallest absolute Gasteiger partial charge is 0.193 e. The largest absolute Gasteiger partial charge is 0.355 e. The van der Waals surface area contributed by atoms with Gasteiger partial charge in [-0.05, 0) is 39.2 Å². The molecule has 2 rings (SSSR count). The van der Waals surface area contributed by atoms with E-state index in [-0.39, 0.29) is 24.0 Å². The molecule has 2 aliphatic heterocycles. The number of thioether (sulfide) groups is 1. The molecule has 130 valence electrons. The molecule has 4 nitrogen and oxygen atoms in total. The van der Waals surface area contributed by atoms with Crippen LogP contribution in [0.1, 0.15) is 33.6 Å². The van der Waals surface area contributed by atoms with Gasteiger partial charge in [-0.1, -0.05) is 6.92 Å². The fraction of sp³-hybridized carbons (Fsp3) is 0.938. The Bertz CT molecular complexity index is 362. The summed E-state index contributed by atoms with van der Waals surface area (Å²) in [6.07, 6.45) is 2.75. The van der Waals surface area contributed by atoms with Crippen LogP contribution in [0.25, 0.3) is 0 Å². The van der Waals surface area contributed by atoms with E-state index in [1.165, 1.54) is 31.7 Å². The number of likely N-dealkylation sites (tertiary alicyclic amines) is 1. The van der Waals surface area contributed by atoms with E-state index in [9.17, 15) is 0 Å². The van der Waals surface area contributed by atoms with E-state index >= 15 is 0 Å². The third kappa shape index (κ3) is 6.43. The van der Waals surface area contributed by atoms with Gasteiger partial charge in [0.15, 0.2) is 5.96 Å². The van der Waals surface area contributed by atoms with Crippen LogP contribution in [0.3, 0.4) is 0 Å². The number of hydrogen-bond acceptors (Lipinski definition) is 3. The van der Waals surface area contributed by atoms with Crippen molar-refractivity contribution in [3.63, 3.8) is 0 Å². The maximum absolute atomic E-state index is 4.48. The molecule has 2 aliphatic rings. The van der Waals surface area contributed by atoms with E-state index in [0.717, 1.165) is 38.1 Å². The van der Waals surface area contributed by atoms with Gasteiger partial charge in [-0.3, -0.25) is 4.99 Å². The summed E-state index contributed by atoms with van der Waals surface area (Å²) < 4.78 is 0.332. The van der Waals surface area contributed by atoms with Gasteiger partial charge >= 0.3 is 0 Å². The van der Waals surface area contributed by atoms with E-state index < -0.39 is 0 Å². The average Bonchev–Trinajstić information content (AvgIpc) is 2.42. The lowest BCUT2D eigenvalue weighted by Crippen LogP contribution is -2.52. The average molecular weight is 440 g/mol. The van der Waals surface area contributed by atoms with Crippen LogP contribution < -0.4 is 5.32 Å². The lowest BCUT2D eigenvalue weighted by atomic mass is 10.0. The molecular weight excluding hydrogens is 407 g/mol. The lowest BCUT2D eigenvalue weighted by Gasteiger charge is -2.39. The predicted octanol–water partition coefficient (Wildman–Crippen LogP) is 2.74. The Morgan fingerprint density at radius 3 is 2.77 bits per heavy atom. The Labute approximate surface area is 157 Å². The van der Waals surface area contributed by atoms with E-state index in [0.29, 0.717) is 4.75 Å². The maximum atomic E-state index is 4.48. The molecule has 0 saturated carbocycles. The molecule has 0 spiro atoms. The predicted molar refractivity (Wildman–Crippen MR) is 110 cm³/mol. The molecule has 1 N–H and O–H groups in total. The molecule has 0 aromatic rings. The van der Waals surface area contributed by atoms with Crippen LogP contribution in [0.5, 0.6) is 0 Å². The molecular formula is C16H33IN4S. The highest BCUT2D eigenvalue weighted by molar-refractivity contribution is 14.0. The quantitative estimate of drug-likeness (QED) is 0.416. The van der Waals surface area contributed by atoms with Gasteiger partial charge in [0.05, 0.1) is 0 Å². The van der Waals surface area contributed by atoms with Crippen LogP contribution in [-0.2, 0) is 0 Å². The van der Waals surface area contributed by atoms with Gasteiger partial charge in [0.25, 0.3) is 0 Å². The van der Waals surface area contributed by atoms with E-state index in [2.05, 4.69) is 52.6 Å². The van der Waals surface area contributed by atoms with Gasteiger partial charge in [0, 0.05) is 50.3 Å². The summed E-state index contributed by atoms with van der Waals surface area (Å²) in [6.45, 7) is 13.9. The fourth-order valence-corrected chi connectivity index (χ4v) is 4.46. The van der Waals surface area contributed by atoms with Gasteiger partial charge in [-0.25, -0.2) is 0 Å². The summed E-state index contributed by atoms with van der Waals surface area (Å²) in [7, 11) is 1.90. The van der Waals surface area contributed by atoms with E-state index in [1.54, 1.807) is 0 Å². The van der Waals surface area contributed by atoms with Crippen molar-refractivity contribution in [3.05, 3.63) is 0 Å². The number of nitrogens with one attached hydrogen (secondary N) is 1. The third-order valence-corrected chi connectivity index (χ3v) is 5.69. The minimum atomic E-state index is 0. The van der Waals surface area contributed by atoms with Gasteiger partial charge in [0.2, 0.25) is 0 Å². The van der Waals surface area contributed by atoms with Crippen molar-refractivity contribution in [2.45, 2.75) is 38.4 Å². The molecule has 2 saturated heterocycles. The SMILES string of the molecule is CN=C(NCCN1CCCC(C)C1)N1CCSC(C)(C)C1.I. The number of nitrogens with zero attached hydrogens (tertiary/aromatic N) is 3. The summed E-state index contributed by atoms with van der Waals surface area (Å²) in [5.41, 5.74) is 0. The van der Waals surface area contributed by atoms with Crippen molar-refractivity contribution in [1.82, 2.24) is 15.1 Å². The minimum absolute atomic E-state index is 0. The van der Waals surface area contributed by atoms with Crippen molar-refractivity contribution in [2.75, 3.05) is 52.1 Å². The first kappa shape index (κ1) is 20.4. The molecule has 22 heavy (non-hydrogen) atoms. The van der Waals surface area contributed by atoms with Crippen LogP contribution in [-0.4, -0.2) is 72.6 Å². The first-order chi connectivity index (χ1) is 10.00. The Balaban J connectivity index is 0.00000242. The summed E-state index contributed by atoms with van der Waals surface area (Å²) in [5, 5.41) is 3.56. The van der Waals surface area contributed by atoms with Crippen molar-refractivity contribution in [3.8, 4) is 0 Å². The van der Waals surface area contributed by atoms with Crippen LogP contribution in [0.4, 0.5) is 0 Å². The topological polar surface area (TPSA) is 30.9 Å². The Hall–Kier alpha value is 0.310. The summed E-state index contributed by atoms with van der Waals surface area (Å²) in [4.78, 5) is 9.48. The molecule has 1 atom stereocenters. The van der Waals surface area contributed by atoms with E-state index in [4.69, 9.17) is 0 Å². The molecule has 6 heteroatoms. The van der Waals surface area contributed by atoms with Gasteiger partial charge in [0.1, 0.15) is 0 Å². The van der Waals surface area contributed by atoms with Crippen LogP contribution >= 0.6 is 35.7 Å². The second-order valence-corrected chi connectivity index (χ2v) is 8.85. The first-order valence-corrected chi connectivity index (χ1v) is 9.30. The second-order valence-electron chi connectivity index (χ2n) is 7.05. The standard InChI is InChI=1S/C16H32N4S.HI/c1-14-6-5-8-19(12-14)9-7-18-15(17-4)20-10-11-21-16(2,3)13-20;/h14H,5-13H2,1-4H3,(H,17,18);1H. The Morgan fingerprint density at radius 1 is 1.36 bits per heavy atom. The zero-order valence-corrected chi connectivity index (χ0v) is 17.7. The van der Waals surface area contributed by atoms with Crippen molar-refractivity contribution in [1.29, 1.82) is 0 Å². The summed E-state index contributed by atoms with van der Waals surface area (Å²) in [5.74, 6) is 3.13. The Kier molecular flexibility index (Phi) is 8.85. The van der Waals surface area contributed by atoms with Crippen LogP contribution in [0.15, 0.2) is 4.99 Å². The third-order valence-electron chi connectivity index (χ3n) is 4.39. The summed E-state index contributed by atoms with van der Waals surface area (Å²) >= 11 is 2.07. The van der Waals surface area contributed by atoms with Gasteiger partial charge in [-0.2, -0.15) is 11.8 Å². The monoisotopic (exact) mass is 440 g/mol. The zero-order chi connectivity index (χ0) is 15.3. The van der Waals surface area contributed by atoms with E-state index in [1.807, 2.05) is 7.05 Å². The molecule has 0 aliphatic carbocycles. The lowest BCUT2D eigenvalue weighted by molar-refractivity contribution is 0.186. The Morgan fingerprint density at radius 2 is 2.14 bits per heavy atom. The zero-order valence-electron chi connectivity index (χ0n) is 14.6. The molecule has 0 aromatic carbocycles.